The third-order valence-corrected chi connectivity index (χ3v) is 2.59. The molecule has 0 aromatic carbocycles. The molecular formula is C12H12N4O2. The number of hydrogen-bond donors (Lipinski definition) is 1. The third kappa shape index (κ3) is 1.81. The molecule has 0 amide bonds. The summed E-state index contributed by atoms with van der Waals surface area (Å²) in [5.74, 6) is 0. The minimum absolute atomic E-state index is 0.227. The van der Waals surface area contributed by atoms with E-state index in [4.69, 9.17) is 10.00 Å². The van der Waals surface area contributed by atoms with Gasteiger partial charge in [0, 0.05) is 18.9 Å². The summed E-state index contributed by atoms with van der Waals surface area (Å²) < 4.78 is 6.29. The number of nitriles is 1. The Labute approximate surface area is 103 Å². The van der Waals surface area contributed by atoms with Crippen LogP contribution in [-0.4, -0.2) is 21.7 Å². The van der Waals surface area contributed by atoms with E-state index in [-0.39, 0.29) is 12.2 Å². The molecule has 0 aliphatic carbocycles. The van der Waals surface area contributed by atoms with Crippen molar-refractivity contribution in [2.75, 3.05) is 7.11 Å². The van der Waals surface area contributed by atoms with Crippen LogP contribution in [0.4, 0.5) is 0 Å². The van der Waals surface area contributed by atoms with E-state index in [1.165, 1.54) is 17.8 Å². The van der Waals surface area contributed by atoms with E-state index >= 15 is 0 Å². The van der Waals surface area contributed by atoms with Gasteiger partial charge in [0.25, 0.3) is 5.56 Å². The fourth-order valence-electron chi connectivity index (χ4n) is 1.78. The van der Waals surface area contributed by atoms with Crippen LogP contribution in [0.1, 0.15) is 16.8 Å². The first-order valence-corrected chi connectivity index (χ1v) is 5.34. The number of H-pyrrole nitrogens is 1. The van der Waals surface area contributed by atoms with Crippen molar-refractivity contribution in [3.8, 4) is 6.07 Å². The predicted octanol–water partition coefficient (Wildman–Crippen LogP) is 0.769. The number of aromatic nitrogens is 3. The van der Waals surface area contributed by atoms with E-state index in [1.54, 1.807) is 6.08 Å². The molecule has 2 rings (SSSR count). The minimum atomic E-state index is -0.228. The Bertz CT molecular complexity index is 690. The van der Waals surface area contributed by atoms with Crippen molar-refractivity contribution in [2.45, 2.75) is 13.0 Å². The van der Waals surface area contributed by atoms with Crippen molar-refractivity contribution >= 4 is 5.65 Å². The Hall–Kier alpha value is -2.39. The Balaban J connectivity index is 2.79. The zero-order valence-electron chi connectivity index (χ0n) is 9.93. The molecule has 6 heteroatoms. The first-order valence-electron chi connectivity index (χ1n) is 5.34. The molecule has 0 aliphatic rings. The Morgan fingerprint density at radius 1 is 1.72 bits per heavy atom. The van der Waals surface area contributed by atoms with Crippen molar-refractivity contribution in [2.24, 2.45) is 0 Å². The van der Waals surface area contributed by atoms with Gasteiger partial charge in [0.1, 0.15) is 11.6 Å². The zero-order valence-corrected chi connectivity index (χ0v) is 9.93. The highest BCUT2D eigenvalue weighted by Crippen LogP contribution is 2.10. The number of aromatic amines is 1. The molecule has 0 bridgehead atoms. The van der Waals surface area contributed by atoms with Gasteiger partial charge >= 0.3 is 0 Å². The summed E-state index contributed by atoms with van der Waals surface area (Å²) in [4.78, 5) is 16.5. The maximum Gasteiger partial charge on any atom is 0.276 e. The molecule has 0 unspecified atom stereocenters. The van der Waals surface area contributed by atoms with Crippen LogP contribution >= 0.6 is 0 Å². The van der Waals surface area contributed by atoms with Gasteiger partial charge in [-0.15, -0.1) is 6.58 Å². The van der Waals surface area contributed by atoms with E-state index < -0.39 is 0 Å². The Morgan fingerprint density at radius 3 is 3.11 bits per heavy atom. The van der Waals surface area contributed by atoms with Crippen LogP contribution in [0.15, 0.2) is 23.6 Å². The molecule has 2 heterocycles. The number of allylic oxidation sites excluding steroid dienone is 1. The van der Waals surface area contributed by atoms with Crippen LogP contribution in [0.5, 0.6) is 0 Å². The van der Waals surface area contributed by atoms with E-state index in [0.717, 1.165) is 0 Å². The highest BCUT2D eigenvalue weighted by molar-refractivity contribution is 5.54. The number of ether oxygens (including phenoxy) is 1. The molecule has 0 spiro atoms. The Kier molecular flexibility index (Phi) is 3.26. The summed E-state index contributed by atoms with van der Waals surface area (Å²) in [6.07, 6.45) is 3.50. The molecule has 6 nitrogen and oxygen atoms in total. The van der Waals surface area contributed by atoms with Gasteiger partial charge in [-0.25, -0.2) is 9.50 Å². The number of fused-ring (bicyclic) bond motifs is 1. The summed E-state index contributed by atoms with van der Waals surface area (Å²) in [6.45, 7) is 3.85. The minimum Gasteiger partial charge on any atom is -0.378 e. The van der Waals surface area contributed by atoms with Gasteiger partial charge in [0.05, 0.1) is 12.3 Å². The van der Waals surface area contributed by atoms with E-state index in [0.29, 0.717) is 28.9 Å². The molecule has 18 heavy (non-hydrogen) atoms. The summed E-state index contributed by atoms with van der Waals surface area (Å²) in [6, 6.07) is 1.98. The molecule has 0 aliphatic heterocycles. The van der Waals surface area contributed by atoms with Crippen LogP contribution in [0, 0.1) is 11.3 Å². The highest BCUT2D eigenvalue weighted by Gasteiger charge is 2.14. The summed E-state index contributed by atoms with van der Waals surface area (Å²) in [5.41, 5.74) is 1.49. The molecular weight excluding hydrogens is 232 g/mol. The smallest absolute Gasteiger partial charge is 0.276 e. The SMILES string of the molecule is C=CCc1c(COC)nc2c(C#N)c[nH]n2c1=O. The number of nitrogens with one attached hydrogen (secondary N) is 1. The van der Waals surface area contributed by atoms with Crippen LogP contribution in [0.2, 0.25) is 0 Å². The second kappa shape index (κ2) is 4.85. The summed E-state index contributed by atoms with van der Waals surface area (Å²) in [5, 5.41) is 11.7. The maximum atomic E-state index is 12.2. The lowest BCUT2D eigenvalue weighted by molar-refractivity contribution is 0.180. The van der Waals surface area contributed by atoms with Crippen LogP contribution in [0.3, 0.4) is 0 Å². The zero-order chi connectivity index (χ0) is 13.1. The van der Waals surface area contributed by atoms with Crippen molar-refractivity contribution in [3.63, 3.8) is 0 Å². The fourth-order valence-corrected chi connectivity index (χ4v) is 1.78. The number of nitrogens with zero attached hydrogens (tertiary/aromatic N) is 3. The van der Waals surface area contributed by atoms with Gasteiger partial charge < -0.3 is 4.74 Å². The monoisotopic (exact) mass is 244 g/mol. The number of rotatable bonds is 4. The van der Waals surface area contributed by atoms with Crippen LogP contribution in [0.25, 0.3) is 5.65 Å². The maximum absolute atomic E-state index is 12.2. The fraction of sp³-hybridized carbons (Fsp3) is 0.250. The quantitative estimate of drug-likeness (QED) is 0.805. The molecule has 92 valence electrons. The first-order chi connectivity index (χ1) is 8.72. The Morgan fingerprint density at radius 2 is 2.50 bits per heavy atom. The lowest BCUT2D eigenvalue weighted by Crippen LogP contribution is -2.23. The molecule has 0 saturated carbocycles. The van der Waals surface area contributed by atoms with Crippen LogP contribution in [-0.2, 0) is 17.8 Å². The largest absolute Gasteiger partial charge is 0.378 e. The van der Waals surface area contributed by atoms with Gasteiger partial charge in [-0.05, 0) is 6.42 Å². The predicted molar refractivity (Wildman–Crippen MR) is 65.1 cm³/mol. The van der Waals surface area contributed by atoms with Crippen molar-refractivity contribution in [1.29, 1.82) is 5.26 Å². The number of hydrogen-bond acceptors (Lipinski definition) is 4. The highest BCUT2D eigenvalue weighted by atomic mass is 16.5. The molecule has 2 aromatic rings. The molecule has 0 atom stereocenters. The molecule has 0 fully saturated rings. The summed E-state index contributed by atoms with van der Waals surface area (Å²) in [7, 11) is 1.53. The number of methoxy groups -OCH3 is 1. The first kappa shape index (κ1) is 12.1. The molecule has 1 N–H and O–H groups in total. The van der Waals surface area contributed by atoms with Gasteiger partial charge in [-0.1, -0.05) is 6.08 Å². The third-order valence-electron chi connectivity index (χ3n) is 2.59. The van der Waals surface area contributed by atoms with Crippen molar-refractivity contribution < 1.29 is 4.74 Å². The van der Waals surface area contributed by atoms with E-state index in [9.17, 15) is 4.79 Å². The standard InChI is InChI=1S/C12H12N4O2/c1-3-4-9-10(7-18-2)15-11-8(5-13)6-14-16(11)12(9)17/h3,6,14H,1,4,7H2,2H3. The van der Waals surface area contributed by atoms with Gasteiger partial charge in [0.15, 0.2) is 5.65 Å². The van der Waals surface area contributed by atoms with E-state index in [1.807, 2.05) is 6.07 Å². The van der Waals surface area contributed by atoms with Gasteiger partial charge in [-0.2, -0.15) is 5.26 Å². The summed E-state index contributed by atoms with van der Waals surface area (Å²) >= 11 is 0. The normalized spacial score (nSPS) is 10.4. The topological polar surface area (TPSA) is 83.2 Å². The van der Waals surface area contributed by atoms with Crippen LogP contribution < -0.4 is 5.56 Å². The average Bonchev–Trinajstić information content (AvgIpc) is 2.77. The molecule has 0 radical (unpaired) electrons. The molecule has 0 saturated heterocycles. The second-order valence-corrected chi connectivity index (χ2v) is 3.73. The van der Waals surface area contributed by atoms with Crippen molar-refractivity contribution in [3.05, 3.63) is 46.0 Å². The second-order valence-electron chi connectivity index (χ2n) is 3.73. The van der Waals surface area contributed by atoms with Gasteiger partial charge in [-0.3, -0.25) is 9.89 Å². The van der Waals surface area contributed by atoms with E-state index in [2.05, 4.69) is 16.7 Å². The lowest BCUT2D eigenvalue weighted by Gasteiger charge is -2.06. The average molecular weight is 244 g/mol. The molecule has 2 aromatic heterocycles. The van der Waals surface area contributed by atoms with Gasteiger partial charge in [0.2, 0.25) is 0 Å². The van der Waals surface area contributed by atoms with Crippen molar-refractivity contribution in [1.82, 2.24) is 14.6 Å². The lowest BCUT2D eigenvalue weighted by atomic mass is 10.1.